The Morgan fingerprint density at radius 1 is 1.00 bits per heavy atom. The van der Waals surface area contributed by atoms with Crippen molar-refractivity contribution in [3.05, 3.63) is 67.1 Å². The van der Waals surface area contributed by atoms with Crippen molar-refractivity contribution in [3.63, 3.8) is 0 Å². The van der Waals surface area contributed by atoms with Gasteiger partial charge in [0.05, 0.1) is 11.4 Å². The SMILES string of the molecule is c1ccc(Oc2ccc(-c3nn(C4CCNC4)c4ncncc34)cc2)cc1. The number of aromatic nitrogens is 4. The van der Waals surface area contributed by atoms with Crippen LogP contribution in [-0.2, 0) is 0 Å². The molecule has 0 radical (unpaired) electrons. The van der Waals surface area contributed by atoms with E-state index in [9.17, 15) is 0 Å². The largest absolute Gasteiger partial charge is 0.457 e. The van der Waals surface area contributed by atoms with E-state index in [1.807, 2.05) is 65.5 Å². The fraction of sp³-hybridized carbons (Fsp3) is 0.190. The second-order valence-corrected chi connectivity index (χ2v) is 6.64. The van der Waals surface area contributed by atoms with E-state index in [2.05, 4.69) is 15.3 Å². The van der Waals surface area contributed by atoms with Crippen molar-refractivity contribution in [3.8, 4) is 22.8 Å². The molecule has 1 aliphatic heterocycles. The van der Waals surface area contributed by atoms with E-state index in [0.717, 1.165) is 53.3 Å². The van der Waals surface area contributed by atoms with Crippen molar-refractivity contribution in [2.75, 3.05) is 13.1 Å². The van der Waals surface area contributed by atoms with Gasteiger partial charge < -0.3 is 10.1 Å². The minimum atomic E-state index is 0.330. The van der Waals surface area contributed by atoms with Crippen molar-refractivity contribution < 1.29 is 4.74 Å². The number of ether oxygens (including phenoxy) is 1. The van der Waals surface area contributed by atoms with E-state index in [-0.39, 0.29) is 0 Å². The number of hydrogen-bond acceptors (Lipinski definition) is 5. The minimum absolute atomic E-state index is 0.330. The molecule has 0 bridgehead atoms. The van der Waals surface area contributed by atoms with Crippen LogP contribution in [0.3, 0.4) is 0 Å². The minimum Gasteiger partial charge on any atom is -0.457 e. The Morgan fingerprint density at radius 3 is 2.59 bits per heavy atom. The van der Waals surface area contributed by atoms with Crippen LogP contribution >= 0.6 is 0 Å². The highest BCUT2D eigenvalue weighted by Crippen LogP contribution is 2.31. The van der Waals surface area contributed by atoms with Gasteiger partial charge in [0.25, 0.3) is 0 Å². The highest BCUT2D eigenvalue weighted by atomic mass is 16.5. The van der Waals surface area contributed by atoms with Crippen LogP contribution in [0.15, 0.2) is 67.1 Å². The van der Waals surface area contributed by atoms with Crippen LogP contribution in [0.4, 0.5) is 0 Å². The van der Waals surface area contributed by atoms with Gasteiger partial charge in [-0.3, -0.25) is 0 Å². The summed E-state index contributed by atoms with van der Waals surface area (Å²) >= 11 is 0. The predicted molar refractivity (Wildman–Crippen MR) is 104 cm³/mol. The number of benzene rings is 2. The second kappa shape index (κ2) is 6.81. The summed E-state index contributed by atoms with van der Waals surface area (Å²) in [5.41, 5.74) is 2.82. The third kappa shape index (κ3) is 3.04. The highest BCUT2D eigenvalue weighted by Gasteiger charge is 2.22. The van der Waals surface area contributed by atoms with Crippen LogP contribution in [0.25, 0.3) is 22.3 Å². The lowest BCUT2D eigenvalue weighted by Gasteiger charge is -2.09. The lowest BCUT2D eigenvalue weighted by molar-refractivity contribution is 0.482. The molecule has 5 rings (SSSR count). The molecule has 1 N–H and O–H groups in total. The molecule has 0 spiro atoms. The van der Waals surface area contributed by atoms with Crippen LogP contribution in [0, 0.1) is 0 Å². The van der Waals surface area contributed by atoms with E-state index in [4.69, 9.17) is 9.84 Å². The van der Waals surface area contributed by atoms with Crippen LogP contribution in [-0.4, -0.2) is 32.8 Å². The summed E-state index contributed by atoms with van der Waals surface area (Å²) in [7, 11) is 0. The third-order valence-corrected chi connectivity index (χ3v) is 4.86. The molecular formula is C21H19N5O. The van der Waals surface area contributed by atoms with E-state index in [1.54, 1.807) is 6.33 Å². The summed E-state index contributed by atoms with van der Waals surface area (Å²) < 4.78 is 7.93. The number of nitrogens with zero attached hydrogens (tertiary/aromatic N) is 4. The molecule has 1 unspecified atom stereocenters. The number of fused-ring (bicyclic) bond motifs is 1. The third-order valence-electron chi connectivity index (χ3n) is 4.86. The van der Waals surface area contributed by atoms with E-state index >= 15 is 0 Å². The van der Waals surface area contributed by atoms with Crippen LogP contribution in [0.1, 0.15) is 12.5 Å². The molecule has 0 aliphatic carbocycles. The summed E-state index contributed by atoms with van der Waals surface area (Å²) in [5.74, 6) is 1.62. The van der Waals surface area contributed by atoms with Gasteiger partial charge in [0.2, 0.25) is 0 Å². The zero-order chi connectivity index (χ0) is 18.1. The lowest BCUT2D eigenvalue weighted by Crippen LogP contribution is -2.14. The number of rotatable bonds is 4. The van der Waals surface area contributed by atoms with Crippen molar-refractivity contribution >= 4 is 11.0 Å². The van der Waals surface area contributed by atoms with E-state index in [1.165, 1.54) is 0 Å². The van der Waals surface area contributed by atoms with E-state index in [0.29, 0.717) is 6.04 Å². The van der Waals surface area contributed by atoms with Gasteiger partial charge in [-0.15, -0.1) is 0 Å². The maximum atomic E-state index is 5.88. The molecule has 2 aromatic heterocycles. The Hall–Kier alpha value is -3.25. The van der Waals surface area contributed by atoms with Crippen LogP contribution in [0.5, 0.6) is 11.5 Å². The Bertz CT molecular complexity index is 1050. The van der Waals surface area contributed by atoms with Crippen LogP contribution < -0.4 is 10.1 Å². The Labute approximate surface area is 156 Å². The second-order valence-electron chi connectivity index (χ2n) is 6.64. The molecule has 1 aliphatic rings. The molecule has 1 atom stereocenters. The number of nitrogens with one attached hydrogen (secondary N) is 1. The van der Waals surface area contributed by atoms with Crippen molar-refractivity contribution in [2.24, 2.45) is 0 Å². The van der Waals surface area contributed by atoms with Gasteiger partial charge in [0, 0.05) is 18.3 Å². The first-order chi connectivity index (χ1) is 13.4. The molecule has 2 aromatic carbocycles. The molecule has 0 amide bonds. The summed E-state index contributed by atoms with van der Waals surface area (Å²) in [4.78, 5) is 8.69. The molecule has 6 nitrogen and oxygen atoms in total. The molecule has 134 valence electrons. The Balaban J connectivity index is 1.50. The standard InChI is InChI=1S/C21H19N5O/c1-2-4-17(5-3-1)27-18-8-6-15(7-9-18)20-19-13-23-14-24-21(19)26(25-20)16-10-11-22-12-16/h1-9,13-14,16,22H,10-12H2. The number of para-hydroxylation sites is 1. The topological polar surface area (TPSA) is 64.9 Å². The van der Waals surface area contributed by atoms with Gasteiger partial charge in [-0.2, -0.15) is 5.10 Å². The average molecular weight is 357 g/mol. The highest BCUT2D eigenvalue weighted by molar-refractivity contribution is 5.90. The van der Waals surface area contributed by atoms with Gasteiger partial charge >= 0.3 is 0 Å². The Morgan fingerprint density at radius 2 is 1.81 bits per heavy atom. The summed E-state index contributed by atoms with van der Waals surface area (Å²) in [5, 5.41) is 9.26. The van der Waals surface area contributed by atoms with Crippen molar-refractivity contribution in [1.82, 2.24) is 25.1 Å². The maximum absolute atomic E-state index is 5.88. The molecule has 1 saturated heterocycles. The van der Waals surface area contributed by atoms with Crippen molar-refractivity contribution in [1.29, 1.82) is 0 Å². The van der Waals surface area contributed by atoms with E-state index < -0.39 is 0 Å². The quantitative estimate of drug-likeness (QED) is 0.601. The van der Waals surface area contributed by atoms with Gasteiger partial charge in [-0.25, -0.2) is 14.6 Å². The molecule has 3 heterocycles. The normalized spacial score (nSPS) is 16.7. The fourth-order valence-corrected chi connectivity index (χ4v) is 3.50. The molecule has 0 saturated carbocycles. The van der Waals surface area contributed by atoms with Crippen LogP contribution in [0.2, 0.25) is 0 Å². The summed E-state index contributed by atoms with van der Waals surface area (Å²) in [6, 6.07) is 18.1. The fourth-order valence-electron chi connectivity index (χ4n) is 3.50. The van der Waals surface area contributed by atoms with Gasteiger partial charge in [-0.1, -0.05) is 18.2 Å². The van der Waals surface area contributed by atoms with Gasteiger partial charge in [-0.05, 0) is 49.4 Å². The number of hydrogen-bond donors (Lipinski definition) is 1. The Kier molecular flexibility index (Phi) is 4.03. The molecule has 1 fully saturated rings. The zero-order valence-corrected chi connectivity index (χ0v) is 14.7. The first-order valence-electron chi connectivity index (χ1n) is 9.11. The van der Waals surface area contributed by atoms with Gasteiger partial charge in [0.1, 0.15) is 23.5 Å². The molecule has 4 aromatic rings. The van der Waals surface area contributed by atoms with Crippen molar-refractivity contribution in [2.45, 2.75) is 12.5 Å². The lowest BCUT2D eigenvalue weighted by atomic mass is 10.1. The zero-order valence-electron chi connectivity index (χ0n) is 14.7. The molecule has 6 heteroatoms. The average Bonchev–Trinajstić information content (AvgIpc) is 3.37. The molecular weight excluding hydrogens is 338 g/mol. The summed E-state index contributed by atoms with van der Waals surface area (Å²) in [6.07, 6.45) is 4.49. The summed E-state index contributed by atoms with van der Waals surface area (Å²) in [6.45, 7) is 1.93. The smallest absolute Gasteiger partial charge is 0.162 e. The first kappa shape index (κ1) is 16.0. The first-order valence-corrected chi connectivity index (χ1v) is 9.11. The maximum Gasteiger partial charge on any atom is 0.162 e. The van der Waals surface area contributed by atoms with Gasteiger partial charge in [0.15, 0.2) is 5.65 Å². The molecule has 27 heavy (non-hydrogen) atoms. The monoisotopic (exact) mass is 357 g/mol. The predicted octanol–water partition coefficient (Wildman–Crippen LogP) is 3.82.